The summed E-state index contributed by atoms with van der Waals surface area (Å²) in [6, 6.07) is 3.93. The normalized spacial score (nSPS) is 18.4. The van der Waals surface area contributed by atoms with E-state index in [1.165, 1.54) is 18.2 Å². The Kier molecular flexibility index (Phi) is 6.43. The maximum Gasteiger partial charge on any atom is 0.412 e. The molecule has 2 aliphatic heterocycles. The van der Waals surface area contributed by atoms with Crippen molar-refractivity contribution in [3.63, 3.8) is 0 Å². The van der Waals surface area contributed by atoms with Gasteiger partial charge in [0, 0.05) is 35.6 Å². The zero-order valence-electron chi connectivity index (χ0n) is 19.6. The number of nitrogens with zero attached hydrogens (tertiary/aromatic N) is 2. The number of aromatic amines is 1. The number of rotatable bonds is 5. The molecule has 2 aliphatic rings. The number of fused-ring (bicyclic) bond motifs is 1. The van der Waals surface area contributed by atoms with Gasteiger partial charge >= 0.3 is 6.09 Å². The molecule has 3 heterocycles. The molecule has 1 fully saturated rings. The maximum absolute atomic E-state index is 13.7. The highest BCUT2D eigenvalue weighted by molar-refractivity contribution is 6.34. The van der Waals surface area contributed by atoms with Gasteiger partial charge in [-0.05, 0) is 58.6 Å². The van der Waals surface area contributed by atoms with Crippen LogP contribution in [0.15, 0.2) is 18.2 Å². The molecular formula is C24H28FN5O4. The van der Waals surface area contributed by atoms with Crippen molar-refractivity contribution in [2.24, 2.45) is 0 Å². The van der Waals surface area contributed by atoms with Crippen LogP contribution in [0.4, 0.5) is 14.9 Å². The molecule has 180 valence electrons. The number of aryl methyl sites for hydroxylation is 1. The maximum atomic E-state index is 13.7. The minimum Gasteiger partial charge on any atom is -0.408 e. The molecule has 0 unspecified atom stereocenters. The van der Waals surface area contributed by atoms with Crippen LogP contribution in [0, 0.1) is 19.7 Å². The summed E-state index contributed by atoms with van der Waals surface area (Å²) in [6.07, 6.45) is 1.67. The Morgan fingerprint density at radius 1 is 1.32 bits per heavy atom. The van der Waals surface area contributed by atoms with Crippen molar-refractivity contribution in [2.45, 2.75) is 26.3 Å². The molecule has 0 saturated carbocycles. The smallest absolute Gasteiger partial charge is 0.408 e. The number of likely N-dealkylation sites (N-methyl/N-ethyl adjacent to an activating group) is 1. The van der Waals surface area contributed by atoms with Crippen LogP contribution >= 0.6 is 0 Å². The van der Waals surface area contributed by atoms with Gasteiger partial charge in [0.1, 0.15) is 5.82 Å². The second-order valence-corrected chi connectivity index (χ2v) is 8.92. The fourth-order valence-corrected chi connectivity index (χ4v) is 4.27. The number of benzene rings is 1. The van der Waals surface area contributed by atoms with Crippen LogP contribution in [-0.4, -0.2) is 72.5 Å². The molecule has 1 atom stereocenters. The number of carbonyl (C=O) groups excluding carboxylic acids is 3. The van der Waals surface area contributed by atoms with Crippen molar-refractivity contribution in [3.8, 4) is 5.75 Å². The van der Waals surface area contributed by atoms with Crippen LogP contribution in [-0.2, 0) is 9.59 Å². The van der Waals surface area contributed by atoms with E-state index in [2.05, 4.69) is 15.6 Å². The van der Waals surface area contributed by atoms with Crippen LogP contribution in [0.25, 0.3) is 11.6 Å². The highest BCUT2D eigenvalue weighted by atomic mass is 19.1. The second-order valence-electron chi connectivity index (χ2n) is 8.92. The Labute approximate surface area is 196 Å². The van der Waals surface area contributed by atoms with Crippen LogP contribution in [0.1, 0.15) is 28.9 Å². The number of nitrogens with one attached hydrogen (secondary N) is 3. The van der Waals surface area contributed by atoms with Crippen molar-refractivity contribution in [2.75, 3.05) is 39.0 Å². The minimum absolute atomic E-state index is 0.0232. The molecule has 34 heavy (non-hydrogen) atoms. The molecule has 1 aromatic carbocycles. The first-order valence-electron chi connectivity index (χ1n) is 11.1. The van der Waals surface area contributed by atoms with Crippen molar-refractivity contribution < 1.29 is 23.5 Å². The molecule has 4 rings (SSSR count). The monoisotopic (exact) mass is 469 g/mol. The van der Waals surface area contributed by atoms with E-state index in [1.807, 2.05) is 19.0 Å². The summed E-state index contributed by atoms with van der Waals surface area (Å²) in [5, 5.41) is 5.54. The molecule has 1 aromatic heterocycles. The van der Waals surface area contributed by atoms with Crippen molar-refractivity contribution in [1.29, 1.82) is 0 Å². The third-order valence-corrected chi connectivity index (χ3v) is 5.97. The summed E-state index contributed by atoms with van der Waals surface area (Å²) >= 11 is 0. The Hall–Kier alpha value is -3.66. The highest BCUT2D eigenvalue weighted by Crippen LogP contribution is 2.35. The van der Waals surface area contributed by atoms with Gasteiger partial charge in [-0.1, -0.05) is 0 Å². The molecule has 9 nitrogen and oxygen atoms in total. The number of H-pyrrole nitrogens is 1. The van der Waals surface area contributed by atoms with Crippen LogP contribution in [0.2, 0.25) is 0 Å². The summed E-state index contributed by atoms with van der Waals surface area (Å²) in [6.45, 7) is 4.88. The van der Waals surface area contributed by atoms with Crippen molar-refractivity contribution in [3.05, 3.63) is 46.5 Å². The average Bonchev–Trinajstić information content (AvgIpc) is 3.41. The first kappa shape index (κ1) is 23.5. The van der Waals surface area contributed by atoms with Crippen molar-refractivity contribution in [1.82, 2.24) is 20.1 Å². The van der Waals surface area contributed by atoms with E-state index in [0.29, 0.717) is 65.6 Å². The molecule has 0 aliphatic carbocycles. The Morgan fingerprint density at radius 3 is 2.82 bits per heavy atom. The number of likely N-dealkylation sites (tertiary alicyclic amines) is 1. The lowest BCUT2D eigenvalue weighted by Crippen LogP contribution is -2.41. The first-order valence-corrected chi connectivity index (χ1v) is 11.1. The van der Waals surface area contributed by atoms with Crippen LogP contribution in [0.3, 0.4) is 0 Å². The van der Waals surface area contributed by atoms with Crippen LogP contribution in [0.5, 0.6) is 5.75 Å². The van der Waals surface area contributed by atoms with Crippen molar-refractivity contribution >= 4 is 35.2 Å². The lowest BCUT2D eigenvalue weighted by Gasteiger charge is -2.19. The summed E-state index contributed by atoms with van der Waals surface area (Å²) in [7, 11) is 3.67. The fraction of sp³-hybridized carbons (Fsp3) is 0.375. The number of amides is 3. The Morgan fingerprint density at radius 2 is 2.09 bits per heavy atom. The number of hydrogen-bond acceptors (Lipinski definition) is 5. The number of halogens is 1. The lowest BCUT2D eigenvalue weighted by atomic mass is 10.0. The lowest BCUT2D eigenvalue weighted by molar-refractivity contribution is -0.130. The average molecular weight is 470 g/mol. The summed E-state index contributed by atoms with van der Waals surface area (Å²) in [5.74, 6) is -0.381. The molecule has 3 amide bonds. The van der Waals surface area contributed by atoms with Gasteiger partial charge < -0.3 is 30.2 Å². The van der Waals surface area contributed by atoms with Gasteiger partial charge in [-0.15, -0.1) is 0 Å². The number of hydrogen-bond donors (Lipinski definition) is 3. The molecule has 2 aromatic rings. The highest BCUT2D eigenvalue weighted by Gasteiger charge is 2.29. The van der Waals surface area contributed by atoms with E-state index in [0.717, 1.165) is 0 Å². The number of aromatic nitrogens is 1. The number of ether oxygens (including phenoxy) is 1. The van der Waals surface area contributed by atoms with E-state index in [1.54, 1.807) is 24.8 Å². The predicted molar refractivity (Wildman–Crippen MR) is 126 cm³/mol. The summed E-state index contributed by atoms with van der Waals surface area (Å²) < 4.78 is 19.3. The zero-order valence-corrected chi connectivity index (χ0v) is 19.6. The minimum atomic E-state index is -0.609. The summed E-state index contributed by atoms with van der Waals surface area (Å²) in [4.78, 5) is 43.9. The van der Waals surface area contributed by atoms with E-state index in [9.17, 15) is 18.8 Å². The second kappa shape index (κ2) is 9.30. The zero-order chi connectivity index (χ0) is 24.6. The molecule has 1 saturated heterocycles. The fourth-order valence-electron chi connectivity index (χ4n) is 4.27. The topological polar surface area (TPSA) is 107 Å². The molecule has 10 heteroatoms. The quantitative estimate of drug-likeness (QED) is 0.584. The van der Waals surface area contributed by atoms with E-state index in [4.69, 9.17) is 4.74 Å². The standard InChI is InChI=1S/C24H28FN5O4/c1-13-20(10-18-17-9-15(25)5-6-19(17)28-23(18)32)26-14(2)22(13)34-24(33)27-16-7-8-30(11-16)21(31)12-29(3)4/h5-6,9-10,16,26H,7-8,11-12H2,1-4H3,(H,27,33)(H,28,32)/b18-10-/t16-/m0/s1. The predicted octanol–water partition coefficient (Wildman–Crippen LogP) is 2.51. The van der Waals surface area contributed by atoms with Gasteiger partial charge in [0.2, 0.25) is 5.91 Å². The van der Waals surface area contributed by atoms with E-state index >= 15 is 0 Å². The van der Waals surface area contributed by atoms with Gasteiger partial charge in [0.25, 0.3) is 5.91 Å². The third-order valence-electron chi connectivity index (χ3n) is 5.97. The Bertz CT molecular complexity index is 1190. The van der Waals surface area contributed by atoms with Gasteiger partial charge in [0.05, 0.1) is 23.9 Å². The molecule has 0 radical (unpaired) electrons. The Balaban J connectivity index is 1.44. The number of anilines is 1. The first-order chi connectivity index (χ1) is 16.1. The molecular weight excluding hydrogens is 441 g/mol. The third kappa shape index (κ3) is 4.81. The van der Waals surface area contributed by atoms with Gasteiger partial charge in [0.15, 0.2) is 5.75 Å². The van der Waals surface area contributed by atoms with Crippen LogP contribution < -0.4 is 15.4 Å². The van der Waals surface area contributed by atoms with E-state index in [-0.39, 0.29) is 17.9 Å². The number of carbonyl (C=O) groups is 3. The van der Waals surface area contributed by atoms with Gasteiger partial charge in [-0.25, -0.2) is 9.18 Å². The molecule has 0 spiro atoms. The molecule has 0 bridgehead atoms. The summed E-state index contributed by atoms with van der Waals surface area (Å²) in [5.41, 5.74) is 3.20. The van der Waals surface area contributed by atoms with Gasteiger partial charge in [-0.3, -0.25) is 9.59 Å². The molecule has 3 N–H and O–H groups in total. The largest absolute Gasteiger partial charge is 0.412 e. The van der Waals surface area contributed by atoms with E-state index < -0.39 is 11.9 Å². The SMILES string of the molecule is Cc1[nH]c(/C=C2\C(=O)Nc3ccc(F)cc32)c(C)c1OC(=O)N[C@H]1CCN(C(=O)CN(C)C)C1. The van der Waals surface area contributed by atoms with Gasteiger partial charge in [-0.2, -0.15) is 0 Å².